The third kappa shape index (κ3) is 3.59. The lowest BCUT2D eigenvalue weighted by molar-refractivity contribution is -0.137. The number of nitrogen functional groups attached to an aromatic ring is 1. The molecule has 108 valence electrons. The van der Waals surface area contributed by atoms with E-state index in [-0.39, 0.29) is 11.6 Å². The molecule has 2 heterocycles. The van der Waals surface area contributed by atoms with Crippen LogP contribution in [0.4, 0.5) is 24.8 Å². The van der Waals surface area contributed by atoms with Gasteiger partial charge in [-0.05, 0) is 12.1 Å². The van der Waals surface area contributed by atoms with Gasteiger partial charge in [0.15, 0.2) is 5.82 Å². The van der Waals surface area contributed by atoms with Crippen LogP contribution in [0.2, 0.25) is 0 Å². The predicted molar refractivity (Wildman–Crippen MR) is 66.8 cm³/mol. The van der Waals surface area contributed by atoms with Gasteiger partial charge in [0.1, 0.15) is 18.0 Å². The molecule has 0 amide bonds. The molecule has 0 saturated carbocycles. The molecule has 9 heteroatoms. The van der Waals surface area contributed by atoms with Crippen molar-refractivity contribution < 1.29 is 13.2 Å². The minimum absolute atomic E-state index is 0.0771. The molecule has 0 unspecified atom stereocenters. The highest BCUT2D eigenvalue weighted by Crippen LogP contribution is 2.31. The summed E-state index contributed by atoms with van der Waals surface area (Å²) in [6.45, 7) is 0.359. The third-order valence-electron chi connectivity index (χ3n) is 2.47. The van der Waals surface area contributed by atoms with Gasteiger partial charge in [-0.25, -0.2) is 9.97 Å². The summed E-state index contributed by atoms with van der Waals surface area (Å²) in [5, 5.41) is 6.83. The second kappa shape index (κ2) is 5.35. The lowest BCUT2D eigenvalue weighted by Gasteiger charge is -2.10. The van der Waals surface area contributed by atoms with Crippen LogP contribution in [0.25, 0.3) is 0 Å². The zero-order valence-corrected chi connectivity index (χ0v) is 10.6. The third-order valence-corrected chi connectivity index (χ3v) is 2.47. The Hall–Kier alpha value is -2.32. The number of hydrogen-bond acceptors (Lipinski definition) is 5. The Morgan fingerprint density at radius 1 is 1.35 bits per heavy atom. The minimum Gasteiger partial charge on any atom is -0.384 e. The number of anilines is 2. The molecule has 3 N–H and O–H groups in total. The number of alkyl halides is 3. The molecule has 2 aromatic heterocycles. The molecule has 6 nitrogen and oxygen atoms in total. The maximum atomic E-state index is 12.6. The molecule has 0 aliphatic carbocycles. The Bertz CT molecular complexity index is 592. The van der Waals surface area contributed by atoms with Crippen molar-refractivity contribution in [3.8, 4) is 0 Å². The summed E-state index contributed by atoms with van der Waals surface area (Å²) in [6, 6.07) is 1.72. The summed E-state index contributed by atoms with van der Waals surface area (Å²) in [5.74, 6) is 0.492. The highest BCUT2D eigenvalue weighted by atomic mass is 19.4. The molecule has 0 atom stereocenters. The van der Waals surface area contributed by atoms with Gasteiger partial charge in [0.2, 0.25) is 0 Å². The summed E-state index contributed by atoms with van der Waals surface area (Å²) < 4.78 is 39.4. The normalized spacial score (nSPS) is 11.6. The topological polar surface area (TPSA) is 81.7 Å². The van der Waals surface area contributed by atoms with Gasteiger partial charge in [0.05, 0.1) is 5.56 Å². The molecule has 0 aromatic carbocycles. The average Bonchev–Trinajstić information content (AvgIpc) is 2.73. The van der Waals surface area contributed by atoms with E-state index < -0.39 is 11.7 Å². The van der Waals surface area contributed by atoms with Gasteiger partial charge < -0.3 is 11.1 Å². The summed E-state index contributed by atoms with van der Waals surface area (Å²) in [5.41, 5.74) is 4.53. The van der Waals surface area contributed by atoms with Gasteiger partial charge in [-0.1, -0.05) is 0 Å². The molecule has 0 radical (unpaired) electrons. The van der Waals surface area contributed by atoms with Gasteiger partial charge in [-0.3, -0.25) is 4.68 Å². The van der Waals surface area contributed by atoms with E-state index in [4.69, 9.17) is 5.73 Å². The van der Waals surface area contributed by atoms with Crippen molar-refractivity contribution in [2.24, 2.45) is 7.05 Å². The number of pyridine rings is 1. The van der Waals surface area contributed by atoms with Crippen molar-refractivity contribution in [1.29, 1.82) is 0 Å². The maximum absolute atomic E-state index is 12.6. The Kier molecular flexibility index (Phi) is 3.77. The second-order valence-electron chi connectivity index (χ2n) is 4.17. The molecule has 0 saturated heterocycles. The fourth-order valence-electron chi connectivity index (χ4n) is 1.61. The smallest absolute Gasteiger partial charge is 0.384 e. The Morgan fingerprint density at radius 3 is 2.70 bits per heavy atom. The number of aromatic nitrogens is 4. The van der Waals surface area contributed by atoms with Gasteiger partial charge in [0.25, 0.3) is 0 Å². The molecule has 0 aliphatic rings. The van der Waals surface area contributed by atoms with Crippen LogP contribution in [0.15, 0.2) is 18.5 Å². The SMILES string of the molecule is Cn1cnc(CCNc2cc(C(F)(F)F)cc(N)n2)n1. The van der Waals surface area contributed by atoms with E-state index in [1.807, 2.05) is 0 Å². The van der Waals surface area contributed by atoms with Crippen LogP contribution in [0, 0.1) is 0 Å². The van der Waals surface area contributed by atoms with Crippen molar-refractivity contribution in [2.45, 2.75) is 12.6 Å². The van der Waals surface area contributed by atoms with Crippen LogP contribution in [-0.2, 0) is 19.6 Å². The van der Waals surface area contributed by atoms with Crippen molar-refractivity contribution in [1.82, 2.24) is 19.7 Å². The first-order valence-corrected chi connectivity index (χ1v) is 5.78. The van der Waals surface area contributed by atoms with E-state index in [0.717, 1.165) is 12.1 Å². The first kappa shape index (κ1) is 14.1. The van der Waals surface area contributed by atoms with Crippen LogP contribution in [0.3, 0.4) is 0 Å². The van der Waals surface area contributed by atoms with Crippen LogP contribution < -0.4 is 11.1 Å². The van der Waals surface area contributed by atoms with E-state index in [2.05, 4.69) is 20.4 Å². The number of nitrogens with zero attached hydrogens (tertiary/aromatic N) is 4. The lowest BCUT2D eigenvalue weighted by Crippen LogP contribution is -2.12. The van der Waals surface area contributed by atoms with Crippen molar-refractivity contribution in [3.63, 3.8) is 0 Å². The summed E-state index contributed by atoms with van der Waals surface area (Å²) in [6.07, 6.45) is -2.43. The first-order valence-electron chi connectivity index (χ1n) is 5.78. The lowest BCUT2D eigenvalue weighted by atomic mass is 10.2. The second-order valence-corrected chi connectivity index (χ2v) is 4.17. The average molecular weight is 286 g/mol. The number of hydrogen-bond donors (Lipinski definition) is 2. The summed E-state index contributed by atoms with van der Waals surface area (Å²) in [4.78, 5) is 7.81. The standard InChI is InChI=1S/C11H13F3N6/c1-20-6-17-9(19-20)2-3-16-10-5-7(11(12,13)14)4-8(15)18-10/h4-6H,2-3H2,1H3,(H3,15,16,18). The molecule has 0 aliphatic heterocycles. The Morgan fingerprint density at radius 2 is 2.10 bits per heavy atom. The van der Waals surface area contributed by atoms with E-state index in [0.29, 0.717) is 18.8 Å². The van der Waals surface area contributed by atoms with Crippen LogP contribution in [0.1, 0.15) is 11.4 Å². The van der Waals surface area contributed by atoms with E-state index in [1.54, 1.807) is 18.1 Å². The highest BCUT2D eigenvalue weighted by Gasteiger charge is 2.31. The first-order chi connectivity index (χ1) is 9.34. The molecule has 2 aromatic rings. The number of halogens is 3. The Labute approximate surface area is 112 Å². The number of nitrogens with two attached hydrogens (primary N) is 1. The van der Waals surface area contributed by atoms with Crippen molar-refractivity contribution >= 4 is 11.6 Å². The summed E-state index contributed by atoms with van der Waals surface area (Å²) >= 11 is 0. The summed E-state index contributed by atoms with van der Waals surface area (Å²) in [7, 11) is 1.74. The number of nitrogens with one attached hydrogen (secondary N) is 1. The molecular formula is C11H13F3N6. The highest BCUT2D eigenvalue weighted by molar-refractivity contribution is 5.47. The van der Waals surface area contributed by atoms with Crippen molar-refractivity contribution in [3.05, 3.63) is 29.8 Å². The largest absolute Gasteiger partial charge is 0.416 e. The van der Waals surface area contributed by atoms with E-state index >= 15 is 0 Å². The zero-order valence-electron chi connectivity index (χ0n) is 10.6. The molecule has 0 bridgehead atoms. The monoisotopic (exact) mass is 286 g/mol. The minimum atomic E-state index is -4.45. The fraction of sp³-hybridized carbons (Fsp3) is 0.364. The van der Waals surface area contributed by atoms with E-state index in [9.17, 15) is 13.2 Å². The fourth-order valence-corrected chi connectivity index (χ4v) is 1.61. The number of rotatable bonds is 4. The molecule has 2 rings (SSSR count). The molecular weight excluding hydrogens is 273 g/mol. The van der Waals surface area contributed by atoms with Crippen LogP contribution in [0.5, 0.6) is 0 Å². The predicted octanol–water partition coefficient (Wildman–Crippen LogP) is 1.47. The van der Waals surface area contributed by atoms with E-state index in [1.165, 1.54) is 0 Å². The maximum Gasteiger partial charge on any atom is 0.416 e. The van der Waals surface area contributed by atoms with Crippen molar-refractivity contribution in [2.75, 3.05) is 17.6 Å². The zero-order chi connectivity index (χ0) is 14.8. The van der Waals surface area contributed by atoms with Gasteiger partial charge in [-0.15, -0.1) is 0 Å². The Balaban J connectivity index is 2.00. The quantitative estimate of drug-likeness (QED) is 0.889. The molecule has 0 spiro atoms. The van der Waals surface area contributed by atoms with Gasteiger partial charge >= 0.3 is 6.18 Å². The van der Waals surface area contributed by atoms with Gasteiger partial charge in [0, 0.05) is 20.0 Å². The molecule has 20 heavy (non-hydrogen) atoms. The van der Waals surface area contributed by atoms with Crippen LogP contribution >= 0.6 is 0 Å². The number of aryl methyl sites for hydroxylation is 1. The molecule has 0 fully saturated rings. The van der Waals surface area contributed by atoms with Gasteiger partial charge in [-0.2, -0.15) is 18.3 Å². The van der Waals surface area contributed by atoms with Crippen LogP contribution in [-0.4, -0.2) is 26.3 Å².